The van der Waals surface area contributed by atoms with Crippen LogP contribution in [0.3, 0.4) is 0 Å². The number of hydrogen-bond donors (Lipinski definition) is 1. The summed E-state index contributed by atoms with van der Waals surface area (Å²) in [5, 5.41) is 9.43. The highest BCUT2D eigenvalue weighted by atomic mass is 79.9. The summed E-state index contributed by atoms with van der Waals surface area (Å²) in [7, 11) is 0. The molecule has 0 amide bonds. The van der Waals surface area contributed by atoms with Crippen LogP contribution in [0.15, 0.2) is 28.7 Å². The predicted octanol–water partition coefficient (Wildman–Crippen LogP) is 3.21. The SMILES string of the molecule is CC(C)(c1cccc(Br)c1)c1nnc(N)s1. The van der Waals surface area contributed by atoms with Gasteiger partial charge in [0, 0.05) is 9.89 Å². The molecule has 0 unspecified atom stereocenters. The molecule has 0 saturated carbocycles. The molecule has 2 aromatic rings. The van der Waals surface area contributed by atoms with Gasteiger partial charge in [-0.05, 0) is 31.5 Å². The van der Waals surface area contributed by atoms with Crippen molar-refractivity contribution in [3.63, 3.8) is 0 Å². The lowest BCUT2D eigenvalue weighted by Gasteiger charge is -2.22. The van der Waals surface area contributed by atoms with E-state index >= 15 is 0 Å². The quantitative estimate of drug-likeness (QED) is 0.926. The van der Waals surface area contributed by atoms with Crippen molar-refractivity contribution >= 4 is 32.4 Å². The van der Waals surface area contributed by atoms with Gasteiger partial charge < -0.3 is 5.73 Å². The zero-order valence-electron chi connectivity index (χ0n) is 9.07. The Morgan fingerprint density at radius 1 is 1.31 bits per heavy atom. The van der Waals surface area contributed by atoms with Crippen molar-refractivity contribution in [2.45, 2.75) is 19.3 Å². The number of rotatable bonds is 2. The van der Waals surface area contributed by atoms with Crippen LogP contribution >= 0.6 is 27.3 Å². The van der Waals surface area contributed by atoms with Gasteiger partial charge in [-0.3, -0.25) is 0 Å². The highest BCUT2D eigenvalue weighted by Gasteiger charge is 2.27. The Kier molecular flexibility index (Phi) is 2.99. The molecule has 0 spiro atoms. The van der Waals surface area contributed by atoms with Crippen LogP contribution in [0.2, 0.25) is 0 Å². The highest BCUT2D eigenvalue weighted by Crippen LogP contribution is 2.34. The Balaban J connectivity index is 2.46. The summed E-state index contributed by atoms with van der Waals surface area (Å²) in [5.41, 5.74) is 6.64. The maximum Gasteiger partial charge on any atom is 0.203 e. The molecule has 0 radical (unpaired) electrons. The van der Waals surface area contributed by atoms with Crippen molar-refractivity contribution in [2.24, 2.45) is 0 Å². The number of anilines is 1. The average Bonchev–Trinajstić information content (AvgIpc) is 2.65. The lowest BCUT2D eigenvalue weighted by atomic mass is 9.85. The minimum Gasteiger partial charge on any atom is -0.374 e. The summed E-state index contributed by atoms with van der Waals surface area (Å²) in [6, 6.07) is 8.21. The Morgan fingerprint density at radius 2 is 2.06 bits per heavy atom. The first-order valence-corrected chi connectivity index (χ1v) is 6.46. The second-order valence-corrected chi connectivity index (χ2v) is 6.01. The molecule has 0 saturated heterocycles. The number of nitrogen functional groups attached to an aromatic ring is 1. The second kappa shape index (κ2) is 4.14. The molecule has 0 aliphatic rings. The molecule has 2 rings (SSSR count). The number of nitrogens with two attached hydrogens (primary N) is 1. The number of nitrogens with zero attached hydrogens (tertiary/aromatic N) is 2. The zero-order valence-corrected chi connectivity index (χ0v) is 11.5. The van der Waals surface area contributed by atoms with E-state index in [0.717, 1.165) is 9.48 Å². The maximum atomic E-state index is 5.62. The molecule has 0 bridgehead atoms. The van der Waals surface area contributed by atoms with Crippen LogP contribution in [0, 0.1) is 0 Å². The number of benzene rings is 1. The normalized spacial score (nSPS) is 11.7. The van der Waals surface area contributed by atoms with Gasteiger partial charge in [-0.2, -0.15) is 0 Å². The molecule has 2 N–H and O–H groups in total. The molecule has 3 nitrogen and oxygen atoms in total. The third-order valence-electron chi connectivity index (χ3n) is 2.52. The van der Waals surface area contributed by atoms with E-state index in [1.807, 2.05) is 12.1 Å². The molecule has 1 aromatic carbocycles. The van der Waals surface area contributed by atoms with Gasteiger partial charge in [0.2, 0.25) is 5.13 Å². The van der Waals surface area contributed by atoms with Crippen molar-refractivity contribution in [3.8, 4) is 0 Å². The number of halogens is 1. The largest absolute Gasteiger partial charge is 0.374 e. The third kappa shape index (κ3) is 2.10. The fourth-order valence-corrected chi connectivity index (χ4v) is 2.62. The van der Waals surface area contributed by atoms with Gasteiger partial charge in [-0.1, -0.05) is 39.4 Å². The predicted molar refractivity (Wildman–Crippen MR) is 70.6 cm³/mol. The summed E-state index contributed by atoms with van der Waals surface area (Å²) in [6.07, 6.45) is 0. The molecule has 84 valence electrons. The van der Waals surface area contributed by atoms with Crippen LogP contribution in [0.25, 0.3) is 0 Å². The highest BCUT2D eigenvalue weighted by molar-refractivity contribution is 9.10. The average molecular weight is 298 g/mol. The molecule has 5 heteroatoms. The minimum absolute atomic E-state index is 0.168. The van der Waals surface area contributed by atoms with Gasteiger partial charge in [0.1, 0.15) is 5.01 Å². The van der Waals surface area contributed by atoms with E-state index in [2.05, 4.69) is 52.1 Å². The van der Waals surface area contributed by atoms with E-state index in [0.29, 0.717) is 5.13 Å². The van der Waals surface area contributed by atoms with Crippen molar-refractivity contribution in [1.82, 2.24) is 10.2 Å². The van der Waals surface area contributed by atoms with E-state index in [1.165, 1.54) is 16.9 Å². The zero-order chi connectivity index (χ0) is 11.8. The van der Waals surface area contributed by atoms with Crippen molar-refractivity contribution in [3.05, 3.63) is 39.3 Å². The first-order chi connectivity index (χ1) is 7.50. The fourth-order valence-electron chi connectivity index (χ4n) is 1.49. The molecule has 1 aromatic heterocycles. The standard InChI is InChI=1S/C11H12BrN3S/c1-11(2,9-14-15-10(13)16-9)7-4-3-5-8(12)6-7/h3-6H,1-2H3,(H2,13,15). The smallest absolute Gasteiger partial charge is 0.203 e. The summed E-state index contributed by atoms with van der Waals surface area (Å²) >= 11 is 4.91. The molecule has 0 fully saturated rings. The van der Waals surface area contributed by atoms with E-state index in [1.54, 1.807) is 0 Å². The van der Waals surface area contributed by atoms with Gasteiger partial charge in [0.05, 0.1) is 0 Å². The van der Waals surface area contributed by atoms with E-state index in [9.17, 15) is 0 Å². The van der Waals surface area contributed by atoms with E-state index in [4.69, 9.17) is 5.73 Å². The van der Waals surface area contributed by atoms with Crippen LogP contribution in [-0.4, -0.2) is 10.2 Å². The molecule has 0 atom stereocenters. The monoisotopic (exact) mass is 297 g/mol. The Hall–Kier alpha value is -0.940. The Labute approximate surface area is 107 Å². The van der Waals surface area contributed by atoms with Crippen molar-refractivity contribution in [1.29, 1.82) is 0 Å². The van der Waals surface area contributed by atoms with Crippen LogP contribution in [0.4, 0.5) is 5.13 Å². The fraction of sp³-hybridized carbons (Fsp3) is 0.273. The van der Waals surface area contributed by atoms with Gasteiger partial charge in [0.15, 0.2) is 0 Å². The summed E-state index contributed by atoms with van der Waals surface area (Å²) in [6.45, 7) is 4.24. The van der Waals surface area contributed by atoms with E-state index in [-0.39, 0.29) is 5.41 Å². The van der Waals surface area contributed by atoms with Gasteiger partial charge >= 0.3 is 0 Å². The third-order valence-corrected chi connectivity index (χ3v) is 4.09. The second-order valence-electron chi connectivity index (χ2n) is 4.08. The Bertz CT molecular complexity index is 507. The van der Waals surface area contributed by atoms with Crippen LogP contribution in [-0.2, 0) is 5.41 Å². The van der Waals surface area contributed by atoms with Crippen LogP contribution < -0.4 is 5.73 Å². The first-order valence-electron chi connectivity index (χ1n) is 4.85. The lowest BCUT2D eigenvalue weighted by Crippen LogP contribution is -2.18. The minimum atomic E-state index is -0.168. The van der Waals surface area contributed by atoms with Crippen LogP contribution in [0.1, 0.15) is 24.4 Å². The number of hydrogen-bond acceptors (Lipinski definition) is 4. The summed E-state index contributed by atoms with van der Waals surface area (Å²) < 4.78 is 1.07. The number of aromatic nitrogens is 2. The first kappa shape index (κ1) is 11.5. The van der Waals surface area contributed by atoms with Crippen molar-refractivity contribution < 1.29 is 0 Å². The summed E-state index contributed by atoms with van der Waals surface area (Å²) in [5.74, 6) is 0. The van der Waals surface area contributed by atoms with Gasteiger partial charge in [-0.25, -0.2) is 0 Å². The van der Waals surface area contributed by atoms with Gasteiger partial charge in [0.25, 0.3) is 0 Å². The maximum absolute atomic E-state index is 5.62. The lowest BCUT2D eigenvalue weighted by molar-refractivity contribution is 0.625. The molecule has 16 heavy (non-hydrogen) atoms. The molecule has 0 aliphatic heterocycles. The molecule has 1 heterocycles. The van der Waals surface area contributed by atoms with Crippen LogP contribution in [0.5, 0.6) is 0 Å². The van der Waals surface area contributed by atoms with Crippen molar-refractivity contribution in [2.75, 3.05) is 5.73 Å². The molecular weight excluding hydrogens is 286 g/mol. The van der Waals surface area contributed by atoms with Gasteiger partial charge in [-0.15, -0.1) is 10.2 Å². The Morgan fingerprint density at radius 3 is 2.62 bits per heavy atom. The molecule has 0 aliphatic carbocycles. The molecular formula is C11H12BrN3S. The topological polar surface area (TPSA) is 51.8 Å². The summed E-state index contributed by atoms with van der Waals surface area (Å²) in [4.78, 5) is 0. The van der Waals surface area contributed by atoms with E-state index < -0.39 is 0 Å².